The summed E-state index contributed by atoms with van der Waals surface area (Å²) in [5.74, 6) is -7.76. The van der Waals surface area contributed by atoms with Crippen LogP contribution in [0.3, 0.4) is 0 Å². The van der Waals surface area contributed by atoms with Crippen molar-refractivity contribution in [1.82, 2.24) is 0 Å². The molecule has 77 heavy (non-hydrogen) atoms. The lowest BCUT2D eigenvalue weighted by molar-refractivity contribution is -0.317. The molecule has 1 aliphatic heterocycles. The van der Waals surface area contributed by atoms with E-state index >= 15 is 0 Å². The third kappa shape index (κ3) is 15.4. The van der Waals surface area contributed by atoms with Crippen LogP contribution in [0.2, 0.25) is 0 Å². The van der Waals surface area contributed by atoms with Crippen molar-refractivity contribution in [1.29, 1.82) is 0 Å². The summed E-state index contributed by atoms with van der Waals surface area (Å²) in [6.45, 7) is -1.93. The Balaban J connectivity index is 1.26. The first-order chi connectivity index (χ1) is 37.6. The standard InChI is InChI=1S/C60H50O17/c61-47(68-36-40-22-8-1-9-23-40)39-71-59(52(74-55(64)45-32-18-6-19-33-45)58(67)70-38-42-26-12-3-13-27-42)75-49-48(72-53(62)43-28-14-4-15-29-43)50(57(66)69-37-41-24-10-2-11-25-41)76-60(77-56(65)46-34-20-7-21-35-46)51(49)73-54(63)44-30-16-5-17-31-44/h1-35,48-52,59-60H,36-39H2/t48-,49-,50-,51+,52-,59-,60+/m0/s1. The van der Waals surface area contributed by atoms with E-state index in [1.165, 1.54) is 48.5 Å². The number of hydrogen-bond donors (Lipinski definition) is 0. The average molecular weight is 1040 g/mol. The molecular formula is C60H50O17. The van der Waals surface area contributed by atoms with Gasteiger partial charge in [0, 0.05) is 0 Å². The van der Waals surface area contributed by atoms with Crippen LogP contribution in [0, 0.1) is 0 Å². The molecule has 1 fully saturated rings. The van der Waals surface area contributed by atoms with Crippen molar-refractivity contribution in [2.75, 3.05) is 6.61 Å². The van der Waals surface area contributed by atoms with Gasteiger partial charge < -0.3 is 47.4 Å². The van der Waals surface area contributed by atoms with Crippen LogP contribution in [0.15, 0.2) is 212 Å². The van der Waals surface area contributed by atoms with Gasteiger partial charge in [0.1, 0.15) is 32.5 Å². The summed E-state index contributed by atoms with van der Waals surface area (Å²) < 4.78 is 60.2. The van der Waals surface area contributed by atoms with Crippen LogP contribution in [0.4, 0.5) is 0 Å². The highest BCUT2D eigenvalue weighted by Gasteiger charge is 2.57. The molecule has 0 bridgehead atoms. The maximum absolute atomic E-state index is 14.7. The van der Waals surface area contributed by atoms with Gasteiger partial charge in [0.15, 0.2) is 18.3 Å². The molecule has 7 atom stereocenters. The molecule has 0 aromatic heterocycles. The number of carbonyl (C=O) groups is 7. The minimum absolute atomic E-state index is 0.00758. The monoisotopic (exact) mass is 1040 g/mol. The van der Waals surface area contributed by atoms with Crippen molar-refractivity contribution >= 4 is 41.8 Å². The average Bonchev–Trinajstić information content (AvgIpc) is 3.50. The fraction of sp³-hybridized carbons (Fsp3) is 0.183. The van der Waals surface area contributed by atoms with Gasteiger partial charge in [-0.1, -0.05) is 164 Å². The van der Waals surface area contributed by atoms with E-state index < -0.39 is 91.5 Å². The fourth-order valence-electron chi connectivity index (χ4n) is 7.66. The Hall–Kier alpha value is -9.29. The van der Waals surface area contributed by atoms with Crippen LogP contribution in [0.1, 0.15) is 58.1 Å². The number of ether oxygens (including phenoxy) is 10. The lowest BCUT2D eigenvalue weighted by atomic mass is 9.97. The van der Waals surface area contributed by atoms with E-state index in [4.69, 9.17) is 47.4 Å². The van der Waals surface area contributed by atoms with Crippen LogP contribution in [0.5, 0.6) is 0 Å². The summed E-state index contributed by atoms with van der Waals surface area (Å²) in [7, 11) is 0. The van der Waals surface area contributed by atoms with Gasteiger partial charge >= 0.3 is 41.8 Å². The minimum atomic E-state index is -2.32. The summed E-state index contributed by atoms with van der Waals surface area (Å²) in [6, 6.07) is 55.9. The topological polar surface area (TPSA) is 212 Å². The molecule has 0 unspecified atom stereocenters. The summed E-state index contributed by atoms with van der Waals surface area (Å²) in [6.07, 6.45) is -15.2. The van der Waals surface area contributed by atoms with Gasteiger partial charge in [0.25, 0.3) is 0 Å². The number of hydrogen-bond acceptors (Lipinski definition) is 17. The van der Waals surface area contributed by atoms with Crippen molar-refractivity contribution in [2.24, 2.45) is 0 Å². The predicted octanol–water partition coefficient (Wildman–Crippen LogP) is 8.20. The van der Waals surface area contributed by atoms with Crippen LogP contribution < -0.4 is 0 Å². The first-order valence-electron chi connectivity index (χ1n) is 24.2. The van der Waals surface area contributed by atoms with Gasteiger partial charge in [-0.3, -0.25) is 0 Å². The normalized spacial score (nSPS) is 17.5. The molecule has 17 heteroatoms. The largest absolute Gasteiger partial charge is 0.459 e. The molecule has 1 heterocycles. The lowest BCUT2D eigenvalue weighted by Gasteiger charge is -2.44. The number of rotatable bonds is 22. The van der Waals surface area contributed by atoms with Crippen LogP contribution >= 0.6 is 0 Å². The van der Waals surface area contributed by atoms with E-state index in [0.29, 0.717) is 16.7 Å². The predicted molar refractivity (Wildman–Crippen MR) is 271 cm³/mol. The van der Waals surface area contributed by atoms with Crippen molar-refractivity contribution in [3.8, 4) is 0 Å². The van der Waals surface area contributed by atoms with E-state index in [2.05, 4.69) is 0 Å². The SMILES string of the molecule is O=C(CO[C@@H](O[C@@H]1[C@@H](OC(=O)c2ccccc2)[C@@H](OC(=O)c2ccccc2)O[C@H](C(=O)OCc2ccccc2)[C@H]1OC(=O)c1ccccc1)[C@@H](OC(=O)c1ccccc1)C(=O)OCc1ccccc1)OCc1ccccc1. The summed E-state index contributed by atoms with van der Waals surface area (Å²) in [5, 5.41) is 0. The molecule has 0 amide bonds. The van der Waals surface area contributed by atoms with Gasteiger partial charge in [-0.2, -0.15) is 0 Å². The molecule has 392 valence electrons. The van der Waals surface area contributed by atoms with Crippen molar-refractivity contribution in [3.63, 3.8) is 0 Å². The summed E-state index contributed by atoms with van der Waals surface area (Å²) in [5.41, 5.74) is 1.55. The van der Waals surface area contributed by atoms with E-state index in [0.717, 1.165) is 0 Å². The van der Waals surface area contributed by atoms with E-state index in [9.17, 15) is 33.6 Å². The Kier molecular flexibility index (Phi) is 19.1. The zero-order chi connectivity index (χ0) is 53.8. The Morgan fingerprint density at radius 3 is 1.23 bits per heavy atom. The molecule has 0 N–H and O–H groups in total. The molecule has 8 rings (SSSR count). The van der Waals surface area contributed by atoms with Crippen molar-refractivity contribution < 1.29 is 80.9 Å². The number of benzene rings is 7. The van der Waals surface area contributed by atoms with Gasteiger partial charge in [-0.15, -0.1) is 0 Å². The van der Waals surface area contributed by atoms with Gasteiger partial charge in [0.2, 0.25) is 18.7 Å². The highest BCUT2D eigenvalue weighted by atomic mass is 16.8. The highest BCUT2D eigenvalue weighted by Crippen LogP contribution is 2.34. The maximum Gasteiger partial charge on any atom is 0.353 e. The van der Waals surface area contributed by atoms with E-state index in [1.807, 2.05) is 0 Å². The minimum Gasteiger partial charge on any atom is -0.459 e. The first kappa shape index (κ1) is 54.0. The highest BCUT2D eigenvalue weighted by molar-refractivity contribution is 5.92. The van der Waals surface area contributed by atoms with Crippen LogP contribution in [-0.2, 0) is 81.6 Å². The molecule has 0 saturated carbocycles. The summed E-state index contributed by atoms with van der Waals surface area (Å²) in [4.78, 5) is 99.8. The van der Waals surface area contributed by atoms with E-state index in [1.54, 1.807) is 164 Å². The first-order valence-corrected chi connectivity index (χ1v) is 24.2. The second-order valence-corrected chi connectivity index (χ2v) is 17.0. The van der Waals surface area contributed by atoms with Crippen molar-refractivity contribution in [3.05, 3.63) is 251 Å². The number of esters is 7. The third-order valence-electron chi connectivity index (χ3n) is 11.5. The second kappa shape index (κ2) is 27.3. The van der Waals surface area contributed by atoms with Gasteiger partial charge in [-0.25, -0.2) is 33.6 Å². The molecule has 0 aliphatic carbocycles. The third-order valence-corrected chi connectivity index (χ3v) is 11.5. The molecule has 17 nitrogen and oxygen atoms in total. The Bertz CT molecular complexity index is 3040. The summed E-state index contributed by atoms with van der Waals surface area (Å²) >= 11 is 0. The zero-order valence-corrected chi connectivity index (χ0v) is 41.0. The number of carbonyl (C=O) groups excluding carboxylic acids is 7. The van der Waals surface area contributed by atoms with Crippen molar-refractivity contribution in [2.45, 2.75) is 62.9 Å². The smallest absolute Gasteiger partial charge is 0.353 e. The fourth-order valence-corrected chi connectivity index (χ4v) is 7.66. The maximum atomic E-state index is 14.7. The Morgan fingerprint density at radius 1 is 0.403 bits per heavy atom. The molecule has 1 aliphatic rings. The molecule has 0 radical (unpaired) electrons. The van der Waals surface area contributed by atoms with Gasteiger partial charge in [-0.05, 0) is 65.2 Å². The Morgan fingerprint density at radius 2 is 0.779 bits per heavy atom. The Labute approximate surface area is 442 Å². The zero-order valence-electron chi connectivity index (χ0n) is 41.0. The van der Waals surface area contributed by atoms with E-state index in [-0.39, 0.29) is 42.1 Å². The van der Waals surface area contributed by atoms with Crippen LogP contribution in [-0.4, -0.2) is 91.5 Å². The molecule has 1 saturated heterocycles. The molecule has 7 aromatic rings. The molecule has 0 spiro atoms. The van der Waals surface area contributed by atoms with Crippen LogP contribution in [0.25, 0.3) is 0 Å². The molecular weight excluding hydrogens is 993 g/mol. The lowest BCUT2D eigenvalue weighted by Crippen LogP contribution is -2.65. The quantitative estimate of drug-likeness (QED) is 0.0355. The molecule has 7 aromatic carbocycles. The second-order valence-electron chi connectivity index (χ2n) is 17.0. The van der Waals surface area contributed by atoms with Gasteiger partial charge in [0.05, 0.1) is 22.3 Å².